The van der Waals surface area contributed by atoms with Crippen LogP contribution in [-0.4, -0.2) is 23.1 Å². The van der Waals surface area contributed by atoms with Gasteiger partial charge in [-0.15, -0.1) is 0 Å². The zero-order valence-corrected chi connectivity index (χ0v) is 16.4. The summed E-state index contributed by atoms with van der Waals surface area (Å²) >= 11 is 0. The summed E-state index contributed by atoms with van der Waals surface area (Å²) in [5.74, 6) is 0. The third-order valence-electron chi connectivity index (χ3n) is 0. The second-order valence-corrected chi connectivity index (χ2v) is 0. The first kappa shape index (κ1) is 25.8. The van der Waals surface area contributed by atoms with E-state index < -0.39 is 0 Å². The van der Waals surface area contributed by atoms with Gasteiger partial charge in [0.25, 0.3) is 0 Å². The quantitative estimate of drug-likeness (QED) is 0.516. The van der Waals surface area contributed by atoms with Gasteiger partial charge in [0.1, 0.15) is 0 Å². The van der Waals surface area contributed by atoms with Gasteiger partial charge in [-0.05, 0) is 0 Å². The van der Waals surface area contributed by atoms with Gasteiger partial charge in [0.05, 0.1) is 0 Å². The Hall–Kier alpha value is 3.53. The Morgan fingerprint density at radius 2 is 0.500 bits per heavy atom. The van der Waals surface area contributed by atoms with Gasteiger partial charge in [0.2, 0.25) is 0 Å². The third kappa shape index (κ3) is 9.11. The molecule has 0 fully saturated rings. The minimum atomic E-state index is 0. The van der Waals surface area contributed by atoms with E-state index in [9.17, 15) is 0 Å². The van der Waals surface area contributed by atoms with Crippen LogP contribution in [0.1, 0.15) is 0 Å². The molecule has 0 nitrogen and oxygen atoms in total. The molecule has 0 aromatic rings. The van der Waals surface area contributed by atoms with E-state index in [-0.39, 0.29) is 105 Å². The summed E-state index contributed by atoms with van der Waals surface area (Å²) < 4.78 is 0. The topological polar surface area (TPSA) is 0 Å². The normalized spacial score (nSPS) is 0. The molecule has 0 unspecified atom stereocenters. The Kier molecular flexibility index (Phi) is 103. The second-order valence-electron chi connectivity index (χ2n) is 0. The van der Waals surface area contributed by atoms with Crippen molar-refractivity contribution in [1.82, 2.24) is 0 Å². The first-order valence-electron chi connectivity index (χ1n) is 0. The van der Waals surface area contributed by atoms with E-state index in [0.717, 1.165) is 0 Å². The molecule has 0 N–H and O–H groups in total. The average molecular weight is 362 g/mol. The summed E-state index contributed by atoms with van der Waals surface area (Å²) in [6.07, 6.45) is 0. The van der Waals surface area contributed by atoms with E-state index in [2.05, 4.69) is 0 Å². The van der Waals surface area contributed by atoms with Crippen molar-refractivity contribution in [3.63, 3.8) is 0 Å². The van der Waals surface area contributed by atoms with Gasteiger partial charge >= 0.3 is 0 Å². The molecule has 2 radical (unpaired) electrons. The van der Waals surface area contributed by atoms with Gasteiger partial charge in [-0.3, -0.25) is 0 Å². The van der Waals surface area contributed by atoms with Crippen LogP contribution >= 0.6 is 0 Å². The summed E-state index contributed by atoms with van der Waals surface area (Å²) in [6.45, 7) is 0. The van der Waals surface area contributed by atoms with Crippen LogP contribution in [0.3, 0.4) is 0 Å². The third-order valence-corrected chi connectivity index (χ3v) is 0. The van der Waals surface area contributed by atoms with Crippen molar-refractivity contribution in [3.8, 4) is 0 Å². The molecule has 0 aliphatic rings. The van der Waals surface area contributed by atoms with Crippen molar-refractivity contribution in [2.24, 2.45) is 0 Å². The predicted molar refractivity (Wildman–Crippen MR) is 5.75 cm³/mol. The Labute approximate surface area is 102 Å². The summed E-state index contributed by atoms with van der Waals surface area (Å²) in [7, 11) is 0. The van der Waals surface area contributed by atoms with Gasteiger partial charge in [0, 0.05) is 105 Å². The zero-order valence-electron chi connectivity index (χ0n) is 2.83. The van der Waals surface area contributed by atoms with Crippen LogP contribution in [0.25, 0.3) is 0 Å². The molecule has 0 heterocycles. The van der Waals surface area contributed by atoms with Crippen LogP contribution in [0.5, 0.6) is 0 Å². The second kappa shape index (κ2) is 16.0. The number of rotatable bonds is 0. The zero-order chi connectivity index (χ0) is 0. The summed E-state index contributed by atoms with van der Waals surface area (Å²) in [5, 5.41) is 0. The molecule has 0 saturated heterocycles. The Morgan fingerprint density at radius 1 is 0.500 bits per heavy atom. The van der Waals surface area contributed by atoms with E-state index in [1.165, 1.54) is 0 Å². The molecule has 0 aliphatic heterocycles. The van der Waals surface area contributed by atoms with E-state index in [1.807, 2.05) is 0 Å². The largest absolute Gasteiger partial charge is 0 e. The molecule has 0 aromatic heterocycles. The molecule has 0 bridgehead atoms. The maximum Gasteiger partial charge on any atom is 0 e. The van der Waals surface area contributed by atoms with Crippen LogP contribution in [0.4, 0.5) is 0 Å². The maximum absolute atomic E-state index is 0. The van der Waals surface area contributed by atoms with Crippen LogP contribution in [0, 0.1) is 0 Å². The van der Waals surface area contributed by atoms with Crippen LogP contribution < -0.4 is 0 Å². The fraction of sp³-hybridized carbons (Fsp3) is 0. The maximum atomic E-state index is 0. The standard InChI is InChI=1S/3Cd.Mg. The molecule has 4 heteroatoms. The van der Waals surface area contributed by atoms with Crippen molar-refractivity contribution in [1.29, 1.82) is 0 Å². The molecule has 0 aromatic carbocycles. The first-order chi connectivity index (χ1) is 0. The predicted octanol–water partition coefficient (Wildman–Crippen LogP) is -0.388. The summed E-state index contributed by atoms with van der Waals surface area (Å²) in [5.41, 5.74) is 0. The molecule has 0 atom stereocenters. The molecular formula is Cd3Mg. The monoisotopic (exact) mass is 366 g/mol. The SMILES string of the molecule is [Cd].[Cd].[Cd].[Mg]. The molecule has 0 amide bonds. The minimum Gasteiger partial charge on any atom is 0 e. The van der Waals surface area contributed by atoms with E-state index >= 15 is 0 Å². The van der Waals surface area contributed by atoms with Crippen molar-refractivity contribution in [2.45, 2.75) is 0 Å². The summed E-state index contributed by atoms with van der Waals surface area (Å²) in [6, 6.07) is 0. The van der Waals surface area contributed by atoms with E-state index in [0.29, 0.717) is 0 Å². The Bertz CT molecular complexity index is 3.25. The van der Waals surface area contributed by atoms with E-state index in [4.69, 9.17) is 0 Å². The van der Waals surface area contributed by atoms with Crippen LogP contribution in [0.15, 0.2) is 0 Å². The average Bonchev–Trinajstić information content (AvgIpc) is 0. The van der Waals surface area contributed by atoms with Gasteiger partial charge in [0.15, 0.2) is 0 Å². The molecule has 0 aliphatic carbocycles. The van der Waals surface area contributed by atoms with Gasteiger partial charge < -0.3 is 0 Å². The first-order valence-corrected chi connectivity index (χ1v) is 0. The molecule has 8 valence electrons. The van der Waals surface area contributed by atoms with Gasteiger partial charge in [-0.1, -0.05) is 0 Å². The fourth-order valence-electron chi connectivity index (χ4n) is 0. The Morgan fingerprint density at radius 3 is 0.500 bits per heavy atom. The van der Waals surface area contributed by atoms with Crippen molar-refractivity contribution in [3.05, 3.63) is 0 Å². The van der Waals surface area contributed by atoms with Crippen LogP contribution in [0.2, 0.25) is 0 Å². The fourth-order valence-corrected chi connectivity index (χ4v) is 0. The number of hydrogen-bond acceptors (Lipinski definition) is 0. The Balaban J connectivity index is 0. The van der Waals surface area contributed by atoms with Gasteiger partial charge in [-0.2, -0.15) is 0 Å². The number of hydrogen-bond donors (Lipinski definition) is 0. The molecule has 0 rings (SSSR count). The summed E-state index contributed by atoms with van der Waals surface area (Å²) in [4.78, 5) is 0. The van der Waals surface area contributed by atoms with Crippen molar-refractivity contribution >= 4 is 23.1 Å². The van der Waals surface area contributed by atoms with E-state index in [1.54, 1.807) is 0 Å². The van der Waals surface area contributed by atoms with Gasteiger partial charge in [-0.25, -0.2) is 0 Å². The van der Waals surface area contributed by atoms with Crippen molar-refractivity contribution in [2.75, 3.05) is 0 Å². The molecule has 4 heavy (non-hydrogen) atoms. The molecule has 0 saturated carbocycles. The molecule has 0 spiro atoms. The van der Waals surface area contributed by atoms with Crippen molar-refractivity contribution < 1.29 is 81.9 Å². The minimum absolute atomic E-state index is 0. The smallest absolute Gasteiger partial charge is 0 e. The van der Waals surface area contributed by atoms with Crippen LogP contribution in [-0.2, 0) is 81.9 Å². The molecular weight excluding hydrogens is 362 g/mol.